The zero-order valence-corrected chi connectivity index (χ0v) is 11.3. The molecule has 1 aromatic rings. The molecule has 1 N–H and O–H groups in total. The number of nitrogens with one attached hydrogen (secondary N) is 1. The summed E-state index contributed by atoms with van der Waals surface area (Å²) in [6.07, 6.45) is 1.07. The third-order valence-corrected chi connectivity index (χ3v) is 3.11. The Labute approximate surface area is 104 Å². The van der Waals surface area contributed by atoms with Crippen LogP contribution < -0.4 is 10.2 Å². The minimum Gasteiger partial charge on any atom is -0.371 e. The first-order valence-corrected chi connectivity index (χ1v) is 6.36. The molecule has 0 aliphatic carbocycles. The van der Waals surface area contributed by atoms with Gasteiger partial charge in [0.1, 0.15) is 5.82 Å². The van der Waals surface area contributed by atoms with Crippen LogP contribution in [0.2, 0.25) is 0 Å². The van der Waals surface area contributed by atoms with Gasteiger partial charge in [-0.25, -0.2) is 4.39 Å². The summed E-state index contributed by atoms with van der Waals surface area (Å²) >= 11 is 0. The van der Waals surface area contributed by atoms with Crippen LogP contribution in [0.25, 0.3) is 0 Å². The van der Waals surface area contributed by atoms with Gasteiger partial charge in [0, 0.05) is 30.4 Å². The van der Waals surface area contributed by atoms with Crippen LogP contribution in [-0.2, 0) is 0 Å². The SMILES string of the molecule is CCCN(CC)c1cccc(F)c1C(C)NC. The summed E-state index contributed by atoms with van der Waals surface area (Å²) in [7, 11) is 1.86. The van der Waals surface area contributed by atoms with Crippen molar-refractivity contribution in [3.8, 4) is 0 Å². The number of rotatable bonds is 6. The fraction of sp³-hybridized carbons (Fsp3) is 0.571. The predicted octanol–water partition coefficient (Wildman–Crippen LogP) is 3.34. The molecule has 0 spiro atoms. The fourth-order valence-electron chi connectivity index (χ4n) is 2.09. The third-order valence-electron chi connectivity index (χ3n) is 3.11. The molecule has 3 heteroatoms. The first-order valence-electron chi connectivity index (χ1n) is 6.36. The molecule has 1 atom stereocenters. The summed E-state index contributed by atoms with van der Waals surface area (Å²) in [5, 5.41) is 3.12. The van der Waals surface area contributed by atoms with Crippen LogP contribution >= 0.6 is 0 Å². The normalized spacial score (nSPS) is 12.5. The Morgan fingerprint density at radius 3 is 2.59 bits per heavy atom. The van der Waals surface area contributed by atoms with Gasteiger partial charge in [-0.2, -0.15) is 0 Å². The second-order valence-corrected chi connectivity index (χ2v) is 4.26. The Kier molecular flexibility index (Phi) is 5.42. The summed E-state index contributed by atoms with van der Waals surface area (Å²) in [6, 6.07) is 5.35. The number of benzene rings is 1. The zero-order chi connectivity index (χ0) is 12.8. The lowest BCUT2D eigenvalue weighted by atomic mass is 10.0. The highest BCUT2D eigenvalue weighted by atomic mass is 19.1. The van der Waals surface area contributed by atoms with Gasteiger partial charge in [-0.3, -0.25) is 0 Å². The molecule has 1 aromatic carbocycles. The average Bonchev–Trinajstić information content (AvgIpc) is 2.34. The summed E-state index contributed by atoms with van der Waals surface area (Å²) in [5.74, 6) is -0.126. The van der Waals surface area contributed by atoms with Crippen LogP contribution in [0.15, 0.2) is 18.2 Å². The van der Waals surface area contributed by atoms with E-state index in [1.807, 2.05) is 20.0 Å². The van der Waals surface area contributed by atoms with Gasteiger partial charge in [0.05, 0.1) is 0 Å². The molecular formula is C14H23FN2. The van der Waals surface area contributed by atoms with Gasteiger partial charge in [-0.15, -0.1) is 0 Å². The third kappa shape index (κ3) is 3.19. The highest BCUT2D eigenvalue weighted by molar-refractivity contribution is 5.55. The molecule has 0 saturated heterocycles. The van der Waals surface area contributed by atoms with E-state index in [1.54, 1.807) is 6.07 Å². The molecule has 0 aliphatic heterocycles. The number of anilines is 1. The Hall–Kier alpha value is -1.09. The Bertz CT molecular complexity index is 352. The molecule has 0 amide bonds. The molecule has 0 aliphatic rings. The van der Waals surface area contributed by atoms with E-state index in [1.165, 1.54) is 6.07 Å². The molecule has 1 unspecified atom stereocenters. The molecule has 0 heterocycles. The van der Waals surface area contributed by atoms with E-state index in [4.69, 9.17) is 0 Å². The molecule has 17 heavy (non-hydrogen) atoms. The second kappa shape index (κ2) is 6.60. The van der Waals surface area contributed by atoms with Crippen molar-refractivity contribution in [2.45, 2.75) is 33.2 Å². The topological polar surface area (TPSA) is 15.3 Å². The lowest BCUT2D eigenvalue weighted by Crippen LogP contribution is -2.27. The predicted molar refractivity (Wildman–Crippen MR) is 72.1 cm³/mol. The lowest BCUT2D eigenvalue weighted by molar-refractivity contribution is 0.559. The first-order chi connectivity index (χ1) is 8.15. The van der Waals surface area contributed by atoms with Crippen molar-refractivity contribution in [1.82, 2.24) is 5.32 Å². The first kappa shape index (κ1) is 14.0. The quantitative estimate of drug-likeness (QED) is 0.817. The van der Waals surface area contributed by atoms with Crippen LogP contribution in [0, 0.1) is 5.82 Å². The van der Waals surface area contributed by atoms with E-state index in [-0.39, 0.29) is 11.9 Å². The number of hydrogen-bond donors (Lipinski definition) is 1. The zero-order valence-electron chi connectivity index (χ0n) is 11.3. The van der Waals surface area contributed by atoms with E-state index in [9.17, 15) is 4.39 Å². The van der Waals surface area contributed by atoms with Crippen molar-refractivity contribution in [3.05, 3.63) is 29.6 Å². The Morgan fingerprint density at radius 2 is 2.06 bits per heavy atom. The minimum absolute atomic E-state index is 0.0251. The van der Waals surface area contributed by atoms with Gasteiger partial charge < -0.3 is 10.2 Å². The fourth-order valence-corrected chi connectivity index (χ4v) is 2.09. The average molecular weight is 238 g/mol. The highest BCUT2D eigenvalue weighted by Crippen LogP contribution is 2.28. The van der Waals surface area contributed by atoms with Crippen LogP contribution in [-0.4, -0.2) is 20.1 Å². The molecule has 0 aromatic heterocycles. The van der Waals surface area contributed by atoms with E-state index < -0.39 is 0 Å². The molecule has 96 valence electrons. The summed E-state index contributed by atoms with van der Waals surface area (Å²) in [5.41, 5.74) is 1.78. The van der Waals surface area contributed by atoms with Crippen molar-refractivity contribution in [3.63, 3.8) is 0 Å². The number of hydrogen-bond acceptors (Lipinski definition) is 2. The molecule has 0 saturated carbocycles. The molecule has 2 nitrogen and oxygen atoms in total. The summed E-state index contributed by atoms with van der Waals surface area (Å²) < 4.78 is 14.0. The summed E-state index contributed by atoms with van der Waals surface area (Å²) in [4.78, 5) is 2.23. The van der Waals surface area contributed by atoms with Gasteiger partial charge in [-0.1, -0.05) is 13.0 Å². The molecule has 0 fully saturated rings. The molecule has 0 bridgehead atoms. The smallest absolute Gasteiger partial charge is 0.130 e. The Balaban J connectivity index is 3.16. The maximum Gasteiger partial charge on any atom is 0.130 e. The monoisotopic (exact) mass is 238 g/mol. The van der Waals surface area contributed by atoms with Crippen molar-refractivity contribution < 1.29 is 4.39 Å². The molecular weight excluding hydrogens is 215 g/mol. The number of nitrogens with zero attached hydrogens (tertiary/aromatic N) is 1. The van der Waals surface area contributed by atoms with Crippen molar-refractivity contribution in [2.75, 3.05) is 25.0 Å². The van der Waals surface area contributed by atoms with Gasteiger partial charge >= 0.3 is 0 Å². The standard InChI is InChI=1S/C14H23FN2/c1-5-10-17(6-2)13-9-7-8-12(15)14(13)11(3)16-4/h7-9,11,16H,5-6,10H2,1-4H3. The Morgan fingerprint density at radius 1 is 1.35 bits per heavy atom. The van der Waals surface area contributed by atoms with Crippen LogP contribution in [0.1, 0.15) is 38.8 Å². The van der Waals surface area contributed by atoms with Gasteiger partial charge in [0.15, 0.2) is 0 Å². The van der Waals surface area contributed by atoms with E-state index >= 15 is 0 Å². The second-order valence-electron chi connectivity index (χ2n) is 4.26. The van der Waals surface area contributed by atoms with Gasteiger partial charge in [0.2, 0.25) is 0 Å². The van der Waals surface area contributed by atoms with E-state index in [2.05, 4.69) is 24.1 Å². The maximum absolute atomic E-state index is 14.0. The largest absolute Gasteiger partial charge is 0.371 e. The lowest BCUT2D eigenvalue weighted by Gasteiger charge is -2.27. The minimum atomic E-state index is -0.126. The maximum atomic E-state index is 14.0. The highest BCUT2D eigenvalue weighted by Gasteiger charge is 2.17. The van der Waals surface area contributed by atoms with Gasteiger partial charge in [0.25, 0.3) is 0 Å². The van der Waals surface area contributed by atoms with Gasteiger partial charge in [-0.05, 0) is 39.4 Å². The van der Waals surface area contributed by atoms with Crippen LogP contribution in [0.3, 0.4) is 0 Å². The van der Waals surface area contributed by atoms with Crippen LogP contribution in [0.4, 0.5) is 10.1 Å². The van der Waals surface area contributed by atoms with Crippen molar-refractivity contribution >= 4 is 5.69 Å². The van der Waals surface area contributed by atoms with Crippen LogP contribution in [0.5, 0.6) is 0 Å². The van der Waals surface area contributed by atoms with E-state index in [0.29, 0.717) is 0 Å². The van der Waals surface area contributed by atoms with Crippen molar-refractivity contribution in [2.24, 2.45) is 0 Å². The molecule has 1 rings (SSSR count). The van der Waals surface area contributed by atoms with Crippen molar-refractivity contribution in [1.29, 1.82) is 0 Å². The van der Waals surface area contributed by atoms with E-state index in [0.717, 1.165) is 30.8 Å². The molecule has 0 radical (unpaired) electrons. The summed E-state index contributed by atoms with van der Waals surface area (Å²) in [6.45, 7) is 8.10. The number of halogens is 1.